The van der Waals surface area contributed by atoms with E-state index in [0.29, 0.717) is 46.9 Å². The minimum Gasteiger partial charge on any atom is -0.339 e. The molecule has 2 aromatic heterocycles. The van der Waals surface area contributed by atoms with Crippen molar-refractivity contribution in [2.24, 2.45) is 0 Å². The van der Waals surface area contributed by atoms with E-state index in [1.807, 2.05) is 24.3 Å². The van der Waals surface area contributed by atoms with E-state index in [1.54, 1.807) is 11.4 Å². The van der Waals surface area contributed by atoms with Crippen molar-refractivity contribution in [2.45, 2.75) is 42.2 Å². The number of thiophene rings is 1. The van der Waals surface area contributed by atoms with Crippen LogP contribution in [0.1, 0.15) is 49.5 Å². The highest BCUT2D eigenvalue weighted by molar-refractivity contribution is 7.91. The summed E-state index contributed by atoms with van der Waals surface area (Å²) in [7, 11) is -3.54. The third kappa shape index (κ3) is 3.75. The van der Waals surface area contributed by atoms with E-state index in [9.17, 15) is 8.42 Å². The van der Waals surface area contributed by atoms with Crippen LogP contribution in [0, 0.1) is 0 Å². The van der Waals surface area contributed by atoms with E-state index < -0.39 is 10.0 Å². The van der Waals surface area contributed by atoms with Crippen molar-refractivity contribution in [1.82, 2.24) is 14.4 Å². The van der Waals surface area contributed by atoms with Crippen LogP contribution in [-0.4, -0.2) is 36.0 Å². The molecule has 3 aromatic rings. The first-order valence-electron chi connectivity index (χ1n) is 10.3. The highest BCUT2D eigenvalue weighted by atomic mass is 32.2. The van der Waals surface area contributed by atoms with Gasteiger partial charge in [0.1, 0.15) is 4.21 Å². The van der Waals surface area contributed by atoms with Gasteiger partial charge in [-0.2, -0.15) is 9.29 Å². The van der Waals surface area contributed by atoms with Gasteiger partial charge in [-0.15, -0.1) is 11.3 Å². The van der Waals surface area contributed by atoms with Crippen LogP contribution >= 0.6 is 11.3 Å². The van der Waals surface area contributed by atoms with E-state index in [4.69, 9.17) is 4.52 Å². The third-order valence-corrected chi connectivity index (χ3v) is 9.17. The molecule has 5 rings (SSSR count). The molecule has 0 spiro atoms. The molecule has 0 unspecified atom stereocenters. The van der Waals surface area contributed by atoms with Crippen molar-refractivity contribution in [2.75, 3.05) is 13.1 Å². The van der Waals surface area contributed by atoms with Crippen LogP contribution in [0.25, 0.3) is 17.0 Å². The number of hydrogen-bond acceptors (Lipinski definition) is 6. The number of nitrogens with zero attached hydrogens (tertiary/aromatic N) is 3. The van der Waals surface area contributed by atoms with Gasteiger partial charge in [-0.3, -0.25) is 0 Å². The lowest BCUT2D eigenvalue weighted by molar-refractivity contribution is 0.354. The molecule has 0 bridgehead atoms. The maximum absolute atomic E-state index is 13.1. The maximum atomic E-state index is 13.1. The molecule has 30 heavy (non-hydrogen) atoms. The van der Waals surface area contributed by atoms with Crippen LogP contribution in [0.15, 0.2) is 56.6 Å². The zero-order valence-corrected chi connectivity index (χ0v) is 18.2. The molecular weight excluding hydrogens is 418 g/mol. The maximum Gasteiger partial charge on any atom is 0.252 e. The largest absolute Gasteiger partial charge is 0.339 e. The van der Waals surface area contributed by atoms with Gasteiger partial charge in [0.15, 0.2) is 0 Å². The standard InChI is InChI=1S/C22H23N3O3S2/c26-30(27,25-12-10-17(11-13-25)16-6-2-1-3-7-16)20-14-19(15-29-20)21-23-22(28-24-21)18-8-4-5-9-18/h1-3,6-7,10,14-15,18H,4-5,8-9,11-13H2. The lowest BCUT2D eigenvalue weighted by atomic mass is 10.0. The highest BCUT2D eigenvalue weighted by Crippen LogP contribution is 2.35. The molecule has 0 amide bonds. The quantitative estimate of drug-likeness (QED) is 0.561. The smallest absolute Gasteiger partial charge is 0.252 e. The number of aromatic nitrogens is 2. The van der Waals surface area contributed by atoms with Crippen molar-refractivity contribution >= 4 is 26.9 Å². The highest BCUT2D eigenvalue weighted by Gasteiger charge is 2.29. The second kappa shape index (κ2) is 8.09. The molecule has 8 heteroatoms. The number of benzene rings is 1. The molecule has 1 aromatic carbocycles. The molecular formula is C22H23N3O3S2. The average Bonchev–Trinajstić information content (AvgIpc) is 3.55. The summed E-state index contributed by atoms with van der Waals surface area (Å²) in [4.78, 5) is 4.52. The molecule has 2 aliphatic rings. The van der Waals surface area contributed by atoms with Crippen LogP contribution in [0.4, 0.5) is 0 Å². The fourth-order valence-corrected chi connectivity index (χ4v) is 6.86. The summed E-state index contributed by atoms with van der Waals surface area (Å²) in [5.74, 6) is 1.49. The number of hydrogen-bond donors (Lipinski definition) is 0. The summed E-state index contributed by atoms with van der Waals surface area (Å²) in [6.45, 7) is 0.859. The van der Waals surface area contributed by atoms with Crippen LogP contribution < -0.4 is 0 Å². The van der Waals surface area contributed by atoms with Crippen molar-refractivity contribution < 1.29 is 12.9 Å². The van der Waals surface area contributed by atoms with Gasteiger partial charge in [0.25, 0.3) is 10.0 Å². The summed E-state index contributed by atoms with van der Waals surface area (Å²) >= 11 is 1.21. The summed E-state index contributed by atoms with van der Waals surface area (Å²) in [6, 6.07) is 11.8. The molecule has 156 valence electrons. The first-order chi connectivity index (χ1) is 14.6. The van der Waals surface area contributed by atoms with E-state index in [-0.39, 0.29) is 0 Å². The monoisotopic (exact) mass is 441 g/mol. The summed E-state index contributed by atoms with van der Waals surface area (Å²) in [6.07, 6.45) is 7.27. The van der Waals surface area contributed by atoms with Crippen LogP contribution in [0.2, 0.25) is 0 Å². The number of sulfonamides is 1. The lowest BCUT2D eigenvalue weighted by Gasteiger charge is -2.25. The minimum absolute atomic E-state index is 0.321. The van der Waals surface area contributed by atoms with Crippen LogP contribution in [-0.2, 0) is 10.0 Å². The Morgan fingerprint density at radius 2 is 1.90 bits per heavy atom. The molecule has 0 N–H and O–H groups in total. The zero-order chi connectivity index (χ0) is 20.6. The van der Waals surface area contributed by atoms with E-state index in [2.05, 4.69) is 22.3 Å². The topological polar surface area (TPSA) is 76.3 Å². The molecule has 3 heterocycles. The van der Waals surface area contributed by atoms with Crippen LogP contribution in [0.5, 0.6) is 0 Å². The van der Waals surface area contributed by atoms with E-state index in [0.717, 1.165) is 18.4 Å². The molecule has 1 aliphatic heterocycles. The number of rotatable bonds is 5. The average molecular weight is 442 g/mol. The summed E-state index contributed by atoms with van der Waals surface area (Å²) < 4.78 is 33.6. The molecule has 0 saturated heterocycles. The fraction of sp³-hybridized carbons (Fsp3) is 0.364. The minimum atomic E-state index is -3.54. The Morgan fingerprint density at radius 3 is 2.63 bits per heavy atom. The summed E-state index contributed by atoms with van der Waals surface area (Å²) in [5, 5.41) is 5.88. The van der Waals surface area contributed by atoms with Gasteiger partial charge in [-0.25, -0.2) is 8.42 Å². The van der Waals surface area contributed by atoms with Crippen LogP contribution in [0.3, 0.4) is 0 Å². The molecule has 0 atom stereocenters. The predicted octanol–water partition coefficient (Wildman–Crippen LogP) is 4.93. The normalized spacial score (nSPS) is 18.6. The van der Waals surface area contributed by atoms with Crippen molar-refractivity contribution in [3.63, 3.8) is 0 Å². The van der Waals surface area contributed by atoms with Crippen molar-refractivity contribution in [1.29, 1.82) is 0 Å². The van der Waals surface area contributed by atoms with Gasteiger partial charge in [0.05, 0.1) is 0 Å². The van der Waals surface area contributed by atoms with Crippen molar-refractivity contribution in [3.8, 4) is 11.4 Å². The SMILES string of the molecule is O=S(=O)(c1cc(-c2noc(C3CCCC3)n2)cs1)N1CC=C(c2ccccc2)CC1. The summed E-state index contributed by atoms with van der Waals surface area (Å²) in [5.41, 5.74) is 3.05. The second-order valence-electron chi connectivity index (χ2n) is 7.80. The molecule has 1 aliphatic carbocycles. The molecule has 6 nitrogen and oxygen atoms in total. The predicted molar refractivity (Wildman–Crippen MR) is 117 cm³/mol. The van der Waals surface area contributed by atoms with Gasteiger partial charge in [-0.05, 0) is 36.5 Å². The fourth-order valence-electron chi connectivity index (χ4n) is 4.17. The van der Waals surface area contributed by atoms with Gasteiger partial charge in [0.2, 0.25) is 11.7 Å². The first kappa shape index (κ1) is 19.7. The van der Waals surface area contributed by atoms with Gasteiger partial charge in [0, 0.05) is 30.0 Å². The van der Waals surface area contributed by atoms with E-state index in [1.165, 1.54) is 34.1 Å². The molecule has 1 saturated carbocycles. The van der Waals surface area contributed by atoms with E-state index >= 15 is 0 Å². The van der Waals surface area contributed by atoms with Crippen molar-refractivity contribution in [3.05, 3.63) is 59.3 Å². The first-order valence-corrected chi connectivity index (χ1v) is 12.6. The third-order valence-electron chi connectivity index (χ3n) is 5.89. The van der Waals surface area contributed by atoms with Gasteiger partial charge >= 0.3 is 0 Å². The molecule has 0 radical (unpaired) electrons. The Balaban J connectivity index is 1.32. The van der Waals surface area contributed by atoms with Gasteiger partial charge in [-0.1, -0.05) is 54.4 Å². The Bertz CT molecular complexity index is 1160. The lowest BCUT2D eigenvalue weighted by Crippen LogP contribution is -2.34. The molecule has 1 fully saturated rings. The Kier molecular flexibility index (Phi) is 5.30. The Morgan fingerprint density at radius 1 is 1.10 bits per heavy atom. The Labute approximate surface area is 180 Å². The second-order valence-corrected chi connectivity index (χ2v) is 10.9. The zero-order valence-electron chi connectivity index (χ0n) is 16.5. The Hall–Kier alpha value is -2.29. The van der Waals surface area contributed by atoms with Gasteiger partial charge < -0.3 is 4.52 Å².